The van der Waals surface area contributed by atoms with E-state index in [9.17, 15) is 4.79 Å². The Morgan fingerprint density at radius 1 is 0.762 bits per heavy atom. The van der Waals surface area contributed by atoms with E-state index in [4.69, 9.17) is 4.74 Å². The first kappa shape index (κ1) is 20.2. The van der Waals surface area contributed by atoms with Crippen LogP contribution in [0, 0.1) is 0 Å². The fourth-order valence-corrected chi connectivity index (χ4v) is 2.24. The zero-order valence-corrected chi connectivity index (χ0v) is 14.4. The van der Waals surface area contributed by atoms with Gasteiger partial charge < -0.3 is 4.74 Å². The second kappa shape index (κ2) is 17.3. The number of esters is 1. The molecule has 0 N–H and O–H groups in total. The van der Waals surface area contributed by atoms with Crippen molar-refractivity contribution in [3.05, 3.63) is 12.2 Å². The number of hydrogen-bond donors (Lipinski definition) is 0. The molecule has 0 heterocycles. The quantitative estimate of drug-likeness (QED) is 0.204. The van der Waals surface area contributed by atoms with Crippen molar-refractivity contribution in [1.82, 2.24) is 0 Å². The molecule has 124 valence electrons. The Kier molecular flexibility index (Phi) is 16.6. The first-order valence-corrected chi connectivity index (χ1v) is 9.11. The predicted octanol–water partition coefficient (Wildman–Crippen LogP) is 6.20. The summed E-state index contributed by atoms with van der Waals surface area (Å²) in [5.41, 5.74) is 0. The van der Waals surface area contributed by atoms with E-state index in [1.54, 1.807) is 0 Å². The molecule has 2 nitrogen and oxygen atoms in total. The Hall–Kier alpha value is -0.790. The molecule has 0 aromatic carbocycles. The predicted molar refractivity (Wildman–Crippen MR) is 91.5 cm³/mol. The summed E-state index contributed by atoms with van der Waals surface area (Å²) < 4.78 is 5.19. The van der Waals surface area contributed by atoms with Gasteiger partial charge in [-0.25, -0.2) is 0 Å². The second-order valence-corrected chi connectivity index (χ2v) is 5.85. The monoisotopic (exact) mass is 296 g/mol. The highest BCUT2D eigenvalue weighted by Gasteiger charge is 2.01. The van der Waals surface area contributed by atoms with Gasteiger partial charge in [-0.3, -0.25) is 4.79 Å². The fraction of sp³-hybridized carbons (Fsp3) is 0.842. The molecule has 0 aliphatic heterocycles. The summed E-state index contributed by atoms with van der Waals surface area (Å²) in [5.74, 6) is -0.0121. The summed E-state index contributed by atoms with van der Waals surface area (Å²) >= 11 is 0. The van der Waals surface area contributed by atoms with Crippen LogP contribution in [0.3, 0.4) is 0 Å². The van der Waals surface area contributed by atoms with Gasteiger partial charge in [0.15, 0.2) is 0 Å². The standard InChI is InChI=1S/C19H36O2/c1-3-5-7-8-9-10-11-12-13-14-15-17-19(20)21-18-16-6-4-2/h9-10H,3-8,11-18H2,1-2H3. The Balaban J connectivity index is 3.19. The molecule has 0 radical (unpaired) electrons. The number of ether oxygens (including phenoxy) is 1. The summed E-state index contributed by atoms with van der Waals surface area (Å²) in [6.45, 7) is 5.00. The molecule has 0 aliphatic carbocycles. The van der Waals surface area contributed by atoms with E-state index in [1.807, 2.05) is 0 Å². The zero-order chi connectivity index (χ0) is 15.6. The van der Waals surface area contributed by atoms with E-state index in [1.165, 1.54) is 51.4 Å². The Morgan fingerprint density at radius 2 is 1.33 bits per heavy atom. The number of carbonyl (C=O) groups excluding carboxylic acids is 1. The third-order valence-electron chi connectivity index (χ3n) is 3.65. The molecule has 2 heteroatoms. The van der Waals surface area contributed by atoms with Crippen LogP contribution in [0.5, 0.6) is 0 Å². The van der Waals surface area contributed by atoms with Gasteiger partial charge >= 0.3 is 5.97 Å². The van der Waals surface area contributed by atoms with E-state index >= 15 is 0 Å². The van der Waals surface area contributed by atoms with Crippen LogP contribution in [-0.2, 0) is 9.53 Å². The van der Waals surface area contributed by atoms with E-state index in [0.717, 1.165) is 25.7 Å². The van der Waals surface area contributed by atoms with Gasteiger partial charge in [0.1, 0.15) is 0 Å². The maximum atomic E-state index is 11.4. The minimum Gasteiger partial charge on any atom is -0.466 e. The number of unbranched alkanes of at least 4 members (excludes halogenated alkanes) is 9. The van der Waals surface area contributed by atoms with Crippen molar-refractivity contribution in [3.63, 3.8) is 0 Å². The molecule has 0 fully saturated rings. The first-order valence-electron chi connectivity index (χ1n) is 9.11. The summed E-state index contributed by atoms with van der Waals surface area (Å²) in [6, 6.07) is 0. The van der Waals surface area contributed by atoms with Crippen LogP contribution in [0.15, 0.2) is 12.2 Å². The minimum absolute atomic E-state index is 0.0121. The van der Waals surface area contributed by atoms with Crippen LogP contribution in [0.4, 0.5) is 0 Å². The fourth-order valence-electron chi connectivity index (χ4n) is 2.24. The molecule has 0 rings (SSSR count). The summed E-state index contributed by atoms with van der Waals surface area (Å²) in [7, 11) is 0. The van der Waals surface area contributed by atoms with Crippen LogP contribution in [0.2, 0.25) is 0 Å². The maximum absolute atomic E-state index is 11.4. The number of allylic oxidation sites excluding steroid dienone is 2. The maximum Gasteiger partial charge on any atom is 0.305 e. The molecule has 0 unspecified atom stereocenters. The molecular formula is C19H36O2. The van der Waals surface area contributed by atoms with Gasteiger partial charge in [0.2, 0.25) is 0 Å². The van der Waals surface area contributed by atoms with Crippen molar-refractivity contribution in [2.45, 2.75) is 97.3 Å². The molecule has 0 amide bonds. The molecule has 0 aliphatic rings. The van der Waals surface area contributed by atoms with E-state index < -0.39 is 0 Å². The first-order chi connectivity index (χ1) is 10.3. The molecule has 0 aromatic rings. The lowest BCUT2D eigenvalue weighted by molar-refractivity contribution is -0.143. The summed E-state index contributed by atoms with van der Waals surface area (Å²) in [5, 5.41) is 0. The van der Waals surface area contributed by atoms with Crippen molar-refractivity contribution < 1.29 is 9.53 Å². The van der Waals surface area contributed by atoms with E-state index in [2.05, 4.69) is 26.0 Å². The van der Waals surface area contributed by atoms with Crippen LogP contribution >= 0.6 is 0 Å². The summed E-state index contributed by atoms with van der Waals surface area (Å²) in [6.07, 6.45) is 19.6. The highest BCUT2D eigenvalue weighted by Crippen LogP contribution is 2.08. The molecule has 0 bridgehead atoms. The molecule has 0 spiro atoms. The van der Waals surface area contributed by atoms with Gasteiger partial charge in [-0.05, 0) is 38.5 Å². The summed E-state index contributed by atoms with van der Waals surface area (Å²) in [4.78, 5) is 11.4. The molecule has 0 atom stereocenters. The van der Waals surface area contributed by atoms with Crippen LogP contribution in [0.1, 0.15) is 97.3 Å². The highest BCUT2D eigenvalue weighted by molar-refractivity contribution is 5.69. The van der Waals surface area contributed by atoms with Gasteiger partial charge in [0.25, 0.3) is 0 Å². The molecular weight excluding hydrogens is 260 g/mol. The molecule has 0 saturated carbocycles. The molecule has 0 saturated heterocycles. The Labute approximate surface area is 132 Å². The largest absolute Gasteiger partial charge is 0.466 e. The van der Waals surface area contributed by atoms with E-state index in [-0.39, 0.29) is 5.97 Å². The van der Waals surface area contributed by atoms with E-state index in [0.29, 0.717) is 13.0 Å². The van der Waals surface area contributed by atoms with Gasteiger partial charge in [-0.1, -0.05) is 64.5 Å². The third-order valence-corrected chi connectivity index (χ3v) is 3.65. The highest BCUT2D eigenvalue weighted by atomic mass is 16.5. The van der Waals surface area contributed by atoms with Crippen LogP contribution in [0.25, 0.3) is 0 Å². The number of hydrogen-bond acceptors (Lipinski definition) is 2. The molecule has 21 heavy (non-hydrogen) atoms. The minimum atomic E-state index is -0.0121. The van der Waals surface area contributed by atoms with Crippen molar-refractivity contribution in [1.29, 1.82) is 0 Å². The SMILES string of the molecule is CCCCCC=CCCCCCCC(=O)OCCCCC. The van der Waals surface area contributed by atoms with Gasteiger partial charge in [0, 0.05) is 6.42 Å². The molecule has 0 aromatic heterocycles. The third kappa shape index (κ3) is 17.2. The van der Waals surface area contributed by atoms with Crippen molar-refractivity contribution >= 4 is 5.97 Å². The van der Waals surface area contributed by atoms with Crippen LogP contribution in [-0.4, -0.2) is 12.6 Å². The van der Waals surface area contributed by atoms with Gasteiger partial charge in [0.05, 0.1) is 6.61 Å². The number of rotatable bonds is 15. The average molecular weight is 296 g/mol. The zero-order valence-electron chi connectivity index (χ0n) is 14.4. The topological polar surface area (TPSA) is 26.3 Å². The van der Waals surface area contributed by atoms with Gasteiger partial charge in [-0.2, -0.15) is 0 Å². The van der Waals surface area contributed by atoms with Crippen molar-refractivity contribution in [2.24, 2.45) is 0 Å². The second-order valence-electron chi connectivity index (χ2n) is 5.85. The average Bonchev–Trinajstić information content (AvgIpc) is 2.49. The smallest absolute Gasteiger partial charge is 0.305 e. The lowest BCUT2D eigenvalue weighted by atomic mass is 10.1. The normalized spacial score (nSPS) is 11.1. The van der Waals surface area contributed by atoms with Crippen molar-refractivity contribution in [3.8, 4) is 0 Å². The Bertz CT molecular complexity index is 246. The number of carbonyl (C=O) groups is 1. The van der Waals surface area contributed by atoms with Crippen LogP contribution < -0.4 is 0 Å². The lowest BCUT2D eigenvalue weighted by Gasteiger charge is -2.04. The Morgan fingerprint density at radius 3 is 2.00 bits per heavy atom. The lowest BCUT2D eigenvalue weighted by Crippen LogP contribution is -2.05. The van der Waals surface area contributed by atoms with Gasteiger partial charge in [-0.15, -0.1) is 0 Å². The van der Waals surface area contributed by atoms with Crippen molar-refractivity contribution in [2.75, 3.05) is 6.61 Å².